The van der Waals surface area contributed by atoms with E-state index in [2.05, 4.69) is 22.9 Å². The summed E-state index contributed by atoms with van der Waals surface area (Å²) in [5.41, 5.74) is 1.97. The topological polar surface area (TPSA) is 36.4 Å². The summed E-state index contributed by atoms with van der Waals surface area (Å²) in [5, 5.41) is 9.69. The summed E-state index contributed by atoms with van der Waals surface area (Å²) in [7, 11) is 0. The van der Waals surface area contributed by atoms with Crippen molar-refractivity contribution in [1.82, 2.24) is 4.98 Å². The van der Waals surface area contributed by atoms with Gasteiger partial charge >= 0.3 is 0 Å². The van der Waals surface area contributed by atoms with E-state index in [0.29, 0.717) is 6.42 Å². The molecular weight excluding hydrogens is 212 g/mol. The highest BCUT2D eigenvalue weighted by Gasteiger charge is 2.21. The van der Waals surface area contributed by atoms with Crippen molar-refractivity contribution >= 4 is 5.69 Å². The number of nitrogens with zero attached hydrogens (tertiary/aromatic N) is 2. The first-order valence-corrected chi connectivity index (χ1v) is 6.63. The van der Waals surface area contributed by atoms with Gasteiger partial charge in [-0.05, 0) is 30.9 Å². The molecule has 0 radical (unpaired) electrons. The van der Waals surface area contributed by atoms with Crippen LogP contribution in [0.5, 0.6) is 0 Å². The first-order valence-electron chi connectivity index (χ1n) is 6.63. The lowest BCUT2D eigenvalue weighted by molar-refractivity contribution is 0.169. The van der Waals surface area contributed by atoms with Crippen molar-refractivity contribution in [3.05, 3.63) is 24.0 Å². The molecule has 3 heteroatoms. The molecule has 2 rings (SSSR count). The van der Waals surface area contributed by atoms with E-state index in [1.807, 2.05) is 19.2 Å². The van der Waals surface area contributed by atoms with E-state index in [-0.39, 0.29) is 0 Å². The Labute approximate surface area is 103 Å². The van der Waals surface area contributed by atoms with E-state index < -0.39 is 6.10 Å². The van der Waals surface area contributed by atoms with E-state index in [1.54, 1.807) is 0 Å². The van der Waals surface area contributed by atoms with Gasteiger partial charge in [-0.25, -0.2) is 0 Å². The van der Waals surface area contributed by atoms with Crippen molar-refractivity contribution < 1.29 is 5.11 Å². The van der Waals surface area contributed by atoms with E-state index in [9.17, 15) is 5.11 Å². The Kier molecular flexibility index (Phi) is 4.00. The Morgan fingerprint density at radius 3 is 2.82 bits per heavy atom. The van der Waals surface area contributed by atoms with Crippen LogP contribution in [0, 0.1) is 5.92 Å². The van der Waals surface area contributed by atoms with E-state index in [4.69, 9.17) is 0 Å². The van der Waals surface area contributed by atoms with Gasteiger partial charge in [0.2, 0.25) is 0 Å². The SMILES string of the molecule is CCC1CCN(c2ccc(C(O)CC)nc2)C1. The molecule has 1 aromatic rings. The average Bonchev–Trinajstić information content (AvgIpc) is 2.87. The molecule has 3 nitrogen and oxygen atoms in total. The molecule has 2 atom stereocenters. The highest BCUT2D eigenvalue weighted by molar-refractivity contribution is 5.45. The zero-order valence-corrected chi connectivity index (χ0v) is 10.8. The smallest absolute Gasteiger partial charge is 0.0957 e. The predicted molar refractivity (Wildman–Crippen MR) is 70.1 cm³/mol. The number of pyridine rings is 1. The summed E-state index contributed by atoms with van der Waals surface area (Å²) in [6, 6.07) is 4.03. The van der Waals surface area contributed by atoms with Gasteiger partial charge in [-0.15, -0.1) is 0 Å². The van der Waals surface area contributed by atoms with Crippen molar-refractivity contribution in [3.63, 3.8) is 0 Å². The molecule has 0 aromatic carbocycles. The molecule has 1 aliphatic rings. The van der Waals surface area contributed by atoms with Gasteiger partial charge in [-0.3, -0.25) is 4.98 Å². The van der Waals surface area contributed by atoms with Crippen LogP contribution in [0.2, 0.25) is 0 Å². The quantitative estimate of drug-likeness (QED) is 0.870. The summed E-state index contributed by atoms with van der Waals surface area (Å²) < 4.78 is 0. The third kappa shape index (κ3) is 2.78. The minimum Gasteiger partial charge on any atom is -0.387 e. The van der Waals surface area contributed by atoms with Gasteiger partial charge in [0.1, 0.15) is 0 Å². The summed E-state index contributed by atoms with van der Waals surface area (Å²) in [6.07, 6.45) is 4.73. The third-order valence-electron chi connectivity index (χ3n) is 3.73. The molecule has 17 heavy (non-hydrogen) atoms. The molecule has 1 aromatic heterocycles. The molecule has 2 heterocycles. The monoisotopic (exact) mass is 234 g/mol. The number of aliphatic hydroxyl groups excluding tert-OH is 1. The molecule has 1 N–H and O–H groups in total. The zero-order chi connectivity index (χ0) is 12.3. The largest absolute Gasteiger partial charge is 0.387 e. The summed E-state index contributed by atoms with van der Waals surface area (Å²) >= 11 is 0. The van der Waals surface area contributed by atoms with E-state index in [1.165, 1.54) is 18.5 Å². The Morgan fingerprint density at radius 1 is 1.47 bits per heavy atom. The highest BCUT2D eigenvalue weighted by atomic mass is 16.3. The van der Waals surface area contributed by atoms with Gasteiger partial charge in [0.25, 0.3) is 0 Å². The minimum atomic E-state index is -0.425. The number of hydrogen-bond donors (Lipinski definition) is 1. The van der Waals surface area contributed by atoms with Crippen LogP contribution < -0.4 is 4.90 Å². The molecule has 1 aliphatic heterocycles. The Hall–Kier alpha value is -1.09. The van der Waals surface area contributed by atoms with Crippen molar-refractivity contribution in [3.8, 4) is 0 Å². The molecule has 0 bridgehead atoms. The summed E-state index contributed by atoms with van der Waals surface area (Å²) in [4.78, 5) is 6.75. The summed E-state index contributed by atoms with van der Waals surface area (Å²) in [6.45, 7) is 6.50. The fraction of sp³-hybridized carbons (Fsp3) is 0.643. The predicted octanol–water partition coefficient (Wildman–Crippen LogP) is 2.76. The molecule has 0 saturated carbocycles. The van der Waals surface area contributed by atoms with Crippen LogP contribution in [0.25, 0.3) is 0 Å². The van der Waals surface area contributed by atoms with Gasteiger partial charge < -0.3 is 10.0 Å². The van der Waals surface area contributed by atoms with Crippen molar-refractivity contribution in [1.29, 1.82) is 0 Å². The van der Waals surface area contributed by atoms with Gasteiger partial charge in [0.05, 0.1) is 23.7 Å². The fourth-order valence-corrected chi connectivity index (χ4v) is 2.39. The molecule has 0 amide bonds. The second-order valence-electron chi connectivity index (χ2n) is 4.87. The molecular formula is C14H22N2O. The summed E-state index contributed by atoms with van der Waals surface area (Å²) in [5.74, 6) is 0.830. The lowest BCUT2D eigenvalue weighted by atomic mass is 10.1. The fourth-order valence-electron chi connectivity index (χ4n) is 2.39. The van der Waals surface area contributed by atoms with Crippen LogP contribution in [-0.4, -0.2) is 23.2 Å². The van der Waals surface area contributed by atoms with Crippen LogP contribution >= 0.6 is 0 Å². The number of aromatic nitrogens is 1. The Bertz CT molecular complexity index is 350. The van der Waals surface area contributed by atoms with Gasteiger partial charge in [0, 0.05) is 13.1 Å². The Morgan fingerprint density at radius 2 is 2.29 bits per heavy atom. The van der Waals surface area contributed by atoms with Crippen molar-refractivity contribution in [2.75, 3.05) is 18.0 Å². The van der Waals surface area contributed by atoms with Crippen LogP contribution in [0.3, 0.4) is 0 Å². The lowest BCUT2D eigenvalue weighted by Crippen LogP contribution is -2.19. The van der Waals surface area contributed by atoms with Crippen LogP contribution in [-0.2, 0) is 0 Å². The first-order chi connectivity index (χ1) is 8.24. The van der Waals surface area contributed by atoms with Crippen LogP contribution in [0.15, 0.2) is 18.3 Å². The highest BCUT2D eigenvalue weighted by Crippen LogP contribution is 2.25. The molecule has 1 saturated heterocycles. The number of aliphatic hydroxyl groups is 1. The standard InChI is InChI=1S/C14H22N2O/c1-3-11-7-8-16(10-11)12-5-6-13(15-9-12)14(17)4-2/h5-6,9,11,14,17H,3-4,7-8,10H2,1-2H3. The molecule has 2 unspecified atom stereocenters. The van der Waals surface area contributed by atoms with Gasteiger partial charge in [0.15, 0.2) is 0 Å². The van der Waals surface area contributed by atoms with E-state index >= 15 is 0 Å². The molecule has 94 valence electrons. The van der Waals surface area contributed by atoms with Crippen LogP contribution in [0.1, 0.15) is 44.9 Å². The van der Waals surface area contributed by atoms with Gasteiger partial charge in [-0.1, -0.05) is 20.3 Å². The van der Waals surface area contributed by atoms with Crippen molar-refractivity contribution in [2.45, 2.75) is 39.2 Å². The maximum absolute atomic E-state index is 9.69. The number of rotatable bonds is 4. The lowest BCUT2D eigenvalue weighted by Gasteiger charge is -2.18. The minimum absolute atomic E-state index is 0.425. The maximum Gasteiger partial charge on any atom is 0.0957 e. The third-order valence-corrected chi connectivity index (χ3v) is 3.73. The number of anilines is 1. The normalized spacial score (nSPS) is 21.8. The number of hydrogen-bond acceptors (Lipinski definition) is 3. The second-order valence-corrected chi connectivity index (χ2v) is 4.87. The van der Waals surface area contributed by atoms with Gasteiger partial charge in [-0.2, -0.15) is 0 Å². The van der Waals surface area contributed by atoms with Crippen molar-refractivity contribution in [2.24, 2.45) is 5.92 Å². The van der Waals surface area contributed by atoms with E-state index in [0.717, 1.165) is 24.7 Å². The second kappa shape index (κ2) is 5.50. The van der Waals surface area contributed by atoms with Crippen LogP contribution in [0.4, 0.5) is 5.69 Å². The first kappa shape index (κ1) is 12.4. The Balaban J connectivity index is 2.03. The average molecular weight is 234 g/mol. The molecule has 1 fully saturated rings. The maximum atomic E-state index is 9.69. The molecule has 0 aliphatic carbocycles. The molecule has 0 spiro atoms. The zero-order valence-electron chi connectivity index (χ0n) is 10.8.